The molecule has 3 heteroatoms. The molecule has 0 saturated heterocycles. The largest absolute Gasteiger partial charge is 0.493 e. The second-order valence-electron chi connectivity index (χ2n) is 7.39. The molecule has 0 fully saturated rings. The van der Waals surface area contributed by atoms with Crippen LogP contribution in [0.4, 0.5) is 0 Å². The van der Waals surface area contributed by atoms with Gasteiger partial charge < -0.3 is 9.84 Å². The van der Waals surface area contributed by atoms with Gasteiger partial charge >= 0.3 is 5.97 Å². The molecule has 0 aromatic heterocycles. The standard InChI is InChI=1S/C23H38O3/c1-4-7-13-19(12-6-3)20(14-8-5-2)15-11-18-26-22-17-10-9-16-21(22)23(24)25/h9-10,16-17,19-20H,4-8,11-15,18H2,1-3H3,(H,24,25). The number of hydrogen-bond donors (Lipinski definition) is 1. The first-order valence-electron chi connectivity index (χ1n) is 10.6. The molecule has 148 valence electrons. The first kappa shape index (κ1) is 22.5. The van der Waals surface area contributed by atoms with Gasteiger partial charge in [-0.1, -0.05) is 84.3 Å². The summed E-state index contributed by atoms with van der Waals surface area (Å²) in [6.07, 6.45) is 12.6. The summed E-state index contributed by atoms with van der Waals surface area (Å²) >= 11 is 0. The van der Waals surface area contributed by atoms with Crippen molar-refractivity contribution in [2.24, 2.45) is 11.8 Å². The maximum Gasteiger partial charge on any atom is 0.339 e. The molecule has 0 saturated carbocycles. The van der Waals surface area contributed by atoms with Crippen molar-refractivity contribution in [3.05, 3.63) is 29.8 Å². The second-order valence-corrected chi connectivity index (χ2v) is 7.39. The van der Waals surface area contributed by atoms with Crippen molar-refractivity contribution in [3.8, 4) is 5.75 Å². The van der Waals surface area contributed by atoms with Crippen LogP contribution in [0.3, 0.4) is 0 Å². The Morgan fingerprint density at radius 3 is 2.04 bits per heavy atom. The van der Waals surface area contributed by atoms with Crippen molar-refractivity contribution in [2.45, 2.75) is 85.0 Å². The van der Waals surface area contributed by atoms with Crippen molar-refractivity contribution in [1.29, 1.82) is 0 Å². The Bertz CT molecular complexity index is 498. The SMILES string of the molecule is CCCCC(CCC)C(CCCC)CCCOc1ccccc1C(=O)O. The maximum atomic E-state index is 11.3. The quantitative estimate of drug-likeness (QED) is 0.343. The summed E-state index contributed by atoms with van der Waals surface area (Å²) < 4.78 is 5.79. The van der Waals surface area contributed by atoms with E-state index in [1.165, 1.54) is 57.8 Å². The maximum absolute atomic E-state index is 11.3. The number of ether oxygens (including phenoxy) is 1. The summed E-state index contributed by atoms with van der Waals surface area (Å²) in [6.45, 7) is 7.43. The first-order chi connectivity index (χ1) is 12.6. The van der Waals surface area contributed by atoms with Gasteiger partial charge in [0.1, 0.15) is 11.3 Å². The number of rotatable bonds is 15. The molecule has 3 nitrogen and oxygen atoms in total. The lowest BCUT2D eigenvalue weighted by Crippen LogP contribution is -2.17. The molecule has 0 aliphatic rings. The highest BCUT2D eigenvalue weighted by Gasteiger charge is 2.20. The Kier molecular flexibility index (Phi) is 11.8. The van der Waals surface area contributed by atoms with Gasteiger partial charge in [0.25, 0.3) is 0 Å². The summed E-state index contributed by atoms with van der Waals surface area (Å²) in [5.41, 5.74) is 0.252. The lowest BCUT2D eigenvalue weighted by Gasteiger charge is -2.27. The van der Waals surface area contributed by atoms with Crippen LogP contribution >= 0.6 is 0 Å². The van der Waals surface area contributed by atoms with Gasteiger partial charge in [0.15, 0.2) is 0 Å². The van der Waals surface area contributed by atoms with Crippen LogP contribution in [0.2, 0.25) is 0 Å². The zero-order valence-corrected chi connectivity index (χ0v) is 17.0. The van der Waals surface area contributed by atoms with Crippen LogP contribution in [0.1, 0.15) is 95.3 Å². The molecule has 0 bridgehead atoms. The molecule has 0 aliphatic heterocycles. The smallest absolute Gasteiger partial charge is 0.339 e. The summed E-state index contributed by atoms with van der Waals surface area (Å²) in [6, 6.07) is 6.91. The molecular formula is C23H38O3. The number of carboxylic acid groups (broad SMARTS) is 1. The van der Waals surface area contributed by atoms with Crippen LogP contribution < -0.4 is 4.74 Å². The number of carbonyl (C=O) groups is 1. The molecular weight excluding hydrogens is 324 g/mol. The van der Waals surface area contributed by atoms with Gasteiger partial charge in [-0.05, 0) is 36.8 Å². The average molecular weight is 363 g/mol. The number of carboxylic acids is 1. The highest BCUT2D eigenvalue weighted by molar-refractivity contribution is 5.90. The van der Waals surface area contributed by atoms with Gasteiger partial charge in [-0.2, -0.15) is 0 Å². The van der Waals surface area contributed by atoms with E-state index in [9.17, 15) is 9.90 Å². The molecule has 1 aromatic carbocycles. The van der Waals surface area contributed by atoms with E-state index < -0.39 is 5.97 Å². The normalized spacial score (nSPS) is 13.3. The molecule has 0 spiro atoms. The number of benzene rings is 1. The minimum atomic E-state index is -0.927. The van der Waals surface area contributed by atoms with Crippen LogP contribution in [0, 0.1) is 11.8 Å². The van der Waals surface area contributed by atoms with E-state index >= 15 is 0 Å². The zero-order valence-electron chi connectivity index (χ0n) is 17.0. The van der Waals surface area contributed by atoms with Gasteiger partial charge in [0.05, 0.1) is 6.61 Å². The second kappa shape index (κ2) is 13.7. The van der Waals surface area contributed by atoms with Crippen LogP contribution in [-0.2, 0) is 0 Å². The van der Waals surface area contributed by atoms with Gasteiger partial charge in [0, 0.05) is 0 Å². The van der Waals surface area contributed by atoms with E-state index in [1.54, 1.807) is 18.2 Å². The third-order valence-electron chi connectivity index (χ3n) is 5.28. The Hall–Kier alpha value is -1.51. The van der Waals surface area contributed by atoms with Crippen molar-refractivity contribution < 1.29 is 14.6 Å². The molecule has 2 unspecified atom stereocenters. The molecule has 0 heterocycles. The van der Waals surface area contributed by atoms with Gasteiger partial charge in [0.2, 0.25) is 0 Å². The fourth-order valence-corrected chi connectivity index (χ4v) is 3.83. The van der Waals surface area contributed by atoms with Crippen molar-refractivity contribution in [1.82, 2.24) is 0 Å². The van der Waals surface area contributed by atoms with Gasteiger partial charge in [-0.25, -0.2) is 4.79 Å². The fraction of sp³-hybridized carbons (Fsp3) is 0.696. The number of hydrogen-bond acceptors (Lipinski definition) is 2. The topological polar surface area (TPSA) is 46.5 Å². The van der Waals surface area contributed by atoms with E-state index in [-0.39, 0.29) is 5.56 Å². The minimum Gasteiger partial charge on any atom is -0.493 e. The van der Waals surface area contributed by atoms with Gasteiger partial charge in [-0.3, -0.25) is 0 Å². The average Bonchev–Trinajstić information content (AvgIpc) is 2.65. The van der Waals surface area contributed by atoms with Crippen molar-refractivity contribution in [3.63, 3.8) is 0 Å². The lowest BCUT2D eigenvalue weighted by atomic mass is 9.79. The first-order valence-corrected chi connectivity index (χ1v) is 10.6. The molecule has 26 heavy (non-hydrogen) atoms. The predicted molar refractivity (Wildman–Crippen MR) is 109 cm³/mol. The number of aromatic carboxylic acids is 1. The number of para-hydroxylation sites is 1. The molecule has 2 atom stereocenters. The van der Waals surface area contributed by atoms with Crippen LogP contribution in [0.15, 0.2) is 24.3 Å². The fourth-order valence-electron chi connectivity index (χ4n) is 3.83. The molecule has 1 rings (SSSR count). The van der Waals surface area contributed by atoms with E-state index in [0.29, 0.717) is 12.4 Å². The highest BCUT2D eigenvalue weighted by Crippen LogP contribution is 2.31. The molecule has 0 aliphatic carbocycles. The van der Waals surface area contributed by atoms with Gasteiger partial charge in [-0.15, -0.1) is 0 Å². The van der Waals surface area contributed by atoms with Crippen LogP contribution in [0.5, 0.6) is 5.75 Å². The highest BCUT2D eigenvalue weighted by atomic mass is 16.5. The van der Waals surface area contributed by atoms with Crippen molar-refractivity contribution in [2.75, 3.05) is 6.61 Å². The lowest BCUT2D eigenvalue weighted by molar-refractivity contribution is 0.0692. The molecule has 0 radical (unpaired) electrons. The summed E-state index contributed by atoms with van der Waals surface area (Å²) in [5, 5.41) is 9.24. The van der Waals surface area contributed by atoms with E-state index in [0.717, 1.165) is 18.3 Å². The third-order valence-corrected chi connectivity index (χ3v) is 5.28. The molecule has 1 N–H and O–H groups in total. The van der Waals surface area contributed by atoms with Crippen LogP contribution in [0.25, 0.3) is 0 Å². The predicted octanol–water partition coefficient (Wildman–Crippen LogP) is 6.96. The monoisotopic (exact) mass is 362 g/mol. The third kappa shape index (κ3) is 8.25. The summed E-state index contributed by atoms with van der Waals surface area (Å²) in [7, 11) is 0. The summed E-state index contributed by atoms with van der Waals surface area (Å²) in [5.74, 6) is 1.17. The number of unbranched alkanes of at least 4 members (excludes halogenated alkanes) is 2. The van der Waals surface area contributed by atoms with E-state index in [4.69, 9.17) is 4.74 Å². The van der Waals surface area contributed by atoms with E-state index in [1.807, 2.05) is 6.07 Å². The van der Waals surface area contributed by atoms with Crippen molar-refractivity contribution >= 4 is 5.97 Å². The molecule has 1 aromatic rings. The Labute approximate surface area is 160 Å². The Morgan fingerprint density at radius 1 is 0.885 bits per heavy atom. The molecule has 0 amide bonds. The Balaban J connectivity index is 2.56. The minimum absolute atomic E-state index is 0.252. The van der Waals surface area contributed by atoms with Crippen LogP contribution in [-0.4, -0.2) is 17.7 Å². The van der Waals surface area contributed by atoms with E-state index in [2.05, 4.69) is 20.8 Å². The summed E-state index contributed by atoms with van der Waals surface area (Å²) in [4.78, 5) is 11.3. The Morgan fingerprint density at radius 2 is 1.46 bits per heavy atom. The zero-order chi connectivity index (χ0) is 19.2.